The van der Waals surface area contributed by atoms with Crippen LogP contribution in [0.3, 0.4) is 0 Å². The van der Waals surface area contributed by atoms with Gasteiger partial charge in [-0.15, -0.1) is 0 Å². The first-order valence-electron chi connectivity index (χ1n) is 11.7. The topological polar surface area (TPSA) is 85.9 Å². The number of ether oxygens (including phenoxy) is 1. The standard InChI is InChI=1S/C22H29N3O2.C2HF3O2/c26-21(20-12-18-6-1-2-7-19(18)23-20)25-11-5-8-22(16-25)13-17(15-27-22)14-24-9-3-4-10-24;3-2(4,5)1(6)7/h1-2,6-7,12,17,23H,3-5,8-11,13-16H2;(H,6,7). The van der Waals surface area contributed by atoms with Gasteiger partial charge in [-0.3, -0.25) is 4.79 Å². The van der Waals surface area contributed by atoms with Crippen LogP contribution in [0.1, 0.15) is 42.6 Å². The molecule has 0 radical (unpaired) electrons. The number of carbonyl (C=O) groups excluding carboxylic acids is 1. The van der Waals surface area contributed by atoms with Gasteiger partial charge in [0.2, 0.25) is 0 Å². The average Bonchev–Trinajstić information content (AvgIpc) is 3.54. The summed E-state index contributed by atoms with van der Waals surface area (Å²) in [6.45, 7) is 6.07. The molecule has 1 aromatic heterocycles. The van der Waals surface area contributed by atoms with E-state index in [4.69, 9.17) is 14.6 Å². The molecule has 0 saturated carbocycles. The SMILES string of the molecule is O=C(O)C(F)(F)F.O=C(c1cc2ccccc2[nH]1)N1CCCC2(CC(CN3CCCC3)CO2)C1. The highest BCUT2D eigenvalue weighted by Gasteiger charge is 2.45. The number of nitrogens with one attached hydrogen (secondary N) is 1. The molecule has 4 heterocycles. The van der Waals surface area contributed by atoms with E-state index in [1.54, 1.807) is 0 Å². The van der Waals surface area contributed by atoms with Crippen molar-refractivity contribution in [3.63, 3.8) is 0 Å². The van der Waals surface area contributed by atoms with Gasteiger partial charge in [0, 0.05) is 24.0 Å². The highest BCUT2D eigenvalue weighted by atomic mass is 19.4. The monoisotopic (exact) mass is 481 g/mol. The third kappa shape index (κ3) is 5.72. The van der Waals surface area contributed by atoms with Gasteiger partial charge in [0.05, 0.1) is 18.8 Å². The van der Waals surface area contributed by atoms with Crippen molar-refractivity contribution in [3.8, 4) is 0 Å². The quantitative estimate of drug-likeness (QED) is 0.695. The first kappa shape index (κ1) is 24.5. The third-order valence-electron chi connectivity index (χ3n) is 6.83. The number of piperidine rings is 1. The number of aliphatic carboxylic acids is 1. The lowest BCUT2D eigenvalue weighted by Crippen LogP contribution is -2.50. The van der Waals surface area contributed by atoms with Crippen LogP contribution >= 0.6 is 0 Å². The average molecular weight is 482 g/mol. The molecule has 7 nitrogen and oxygen atoms in total. The molecule has 2 atom stereocenters. The van der Waals surface area contributed by atoms with Crippen molar-refractivity contribution in [2.24, 2.45) is 5.92 Å². The number of carboxylic acids is 1. The number of fused-ring (bicyclic) bond motifs is 1. The Balaban J connectivity index is 0.000000344. The number of hydrogen-bond acceptors (Lipinski definition) is 4. The third-order valence-corrected chi connectivity index (χ3v) is 6.83. The zero-order valence-electron chi connectivity index (χ0n) is 18.9. The van der Waals surface area contributed by atoms with Crippen LogP contribution in [0.25, 0.3) is 10.9 Å². The molecule has 3 aliphatic heterocycles. The van der Waals surface area contributed by atoms with E-state index in [-0.39, 0.29) is 11.5 Å². The van der Waals surface area contributed by atoms with Crippen molar-refractivity contribution in [3.05, 3.63) is 36.0 Å². The summed E-state index contributed by atoms with van der Waals surface area (Å²) >= 11 is 0. The first-order valence-corrected chi connectivity index (χ1v) is 11.7. The number of carbonyl (C=O) groups is 2. The first-order chi connectivity index (χ1) is 16.2. The maximum Gasteiger partial charge on any atom is 0.490 e. The van der Waals surface area contributed by atoms with E-state index in [1.165, 1.54) is 25.9 Å². The molecule has 186 valence electrons. The van der Waals surface area contributed by atoms with Gasteiger partial charge in [-0.05, 0) is 63.2 Å². The van der Waals surface area contributed by atoms with E-state index in [1.807, 2.05) is 35.2 Å². The zero-order chi connectivity index (χ0) is 24.3. The molecule has 10 heteroatoms. The van der Waals surface area contributed by atoms with E-state index < -0.39 is 12.1 Å². The Morgan fingerprint density at radius 2 is 1.85 bits per heavy atom. The van der Waals surface area contributed by atoms with Gasteiger partial charge >= 0.3 is 12.1 Å². The Morgan fingerprint density at radius 3 is 2.53 bits per heavy atom. The Hall–Kier alpha value is -2.59. The molecule has 3 fully saturated rings. The van der Waals surface area contributed by atoms with E-state index in [9.17, 15) is 18.0 Å². The van der Waals surface area contributed by atoms with Crippen LogP contribution in [0.2, 0.25) is 0 Å². The van der Waals surface area contributed by atoms with Gasteiger partial charge in [0.1, 0.15) is 5.69 Å². The molecule has 2 unspecified atom stereocenters. The predicted octanol–water partition coefficient (Wildman–Crippen LogP) is 3.91. The molecule has 1 aromatic carbocycles. The number of halogens is 3. The van der Waals surface area contributed by atoms with Gasteiger partial charge in [0.25, 0.3) is 5.91 Å². The van der Waals surface area contributed by atoms with Crippen molar-refractivity contribution in [2.75, 3.05) is 39.3 Å². The number of H-pyrrole nitrogens is 1. The second-order valence-corrected chi connectivity index (χ2v) is 9.48. The maximum absolute atomic E-state index is 13.1. The summed E-state index contributed by atoms with van der Waals surface area (Å²) in [5, 5.41) is 8.22. The molecule has 2 N–H and O–H groups in total. The molecule has 1 spiro atoms. The molecule has 0 aliphatic carbocycles. The number of aromatic amines is 1. The number of aromatic nitrogens is 1. The van der Waals surface area contributed by atoms with E-state index in [2.05, 4.69) is 9.88 Å². The highest BCUT2D eigenvalue weighted by molar-refractivity contribution is 5.98. The summed E-state index contributed by atoms with van der Waals surface area (Å²) in [6, 6.07) is 10.0. The molecule has 1 amide bonds. The van der Waals surface area contributed by atoms with Crippen LogP contribution in [0.4, 0.5) is 13.2 Å². The van der Waals surface area contributed by atoms with Crippen LogP contribution in [-0.4, -0.2) is 82.9 Å². The number of alkyl halides is 3. The molecule has 0 bridgehead atoms. The smallest absolute Gasteiger partial charge is 0.475 e. The number of rotatable bonds is 3. The lowest BCUT2D eigenvalue weighted by Gasteiger charge is -2.39. The Labute approximate surface area is 195 Å². The minimum atomic E-state index is -5.08. The normalized spacial score (nSPS) is 25.5. The van der Waals surface area contributed by atoms with E-state index in [0.29, 0.717) is 11.6 Å². The van der Waals surface area contributed by atoms with Crippen LogP contribution in [-0.2, 0) is 9.53 Å². The summed E-state index contributed by atoms with van der Waals surface area (Å²) in [6.07, 6.45) is 0.805. The fraction of sp³-hybridized carbons (Fsp3) is 0.583. The molecule has 2 aromatic rings. The number of amides is 1. The Bertz CT molecular complexity index is 985. The van der Waals surface area contributed by atoms with Gasteiger partial charge < -0.3 is 24.6 Å². The molecule has 3 aliphatic rings. The number of para-hydroxylation sites is 1. The van der Waals surface area contributed by atoms with Crippen molar-refractivity contribution in [1.82, 2.24) is 14.8 Å². The number of benzene rings is 1. The van der Waals surface area contributed by atoms with E-state index >= 15 is 0 Å². The van der Waals surface area contributed by atoms with E-state index in [0.717, 1.165) is 56.4 Å². The minimum Gasteiger partial charge on any atom is -0.475 e. The molecular weight excluding hydrogens is 451 g/mol. The number of nitrogens with zero attached hydrogens (tertiary/aromatic N) is 2. The minimum absolute atomic E-state index is 0.108. The lowest BCUT2D eigenvalue weighted by molar-refractivity contribution is -0.192. The number of likely N-dealkylation sites (tertiary alicyclic amines) is 2. The van der Waals surface area contributed by atoms with Gasteiger partial charge in [-0.25, -0.2) is 4.79 Å². The summed E-state index contributed by atoms with van der Waals surface area (Å²) in [7, 11) is 0. The predicted molar refractivity (Wildman–Crippen MR) is 120 cm³/mol. The van der Waals surface area contributed by atoms with Gasteiger partial charge in [-0.1, -0.05) is 18.2 Å². The second kappa shape index (κ2) is 9.95. The van der Waals surface area contributed by atoms with Gasteiger partial charge in [0.15, 0.2) is 0 Å². The maximum atomic E-state index is 13.1. The van der Waals surface area contributed by atoms with Crippen molar-refractivity contribution < 1.29 is 32.6 Å². The Morgan fingerprint density at radius 1 is 1.15 bits per heavy atom. The van der Waals surface area contributed by atoms with Crippen LogP contribution in [0, 0.1) is 5.92 Å². The van der Waals surface area contributed by atoms with Gasteiger partial charge in [-0.2, -0.15) is 13.2 Å². The molecule has 3 saturated heterocycles. The van der Waals surface area contributed by atoms with Crippen molar-refractivity contribution in [1.29, 1.82) is 0 Å². The summed E-state index contributed by atoms with van der Waals surface area (Å²) in [4.78, 5) is 29.9. The molecule has 34 heavy (non-hydrogen) atoms. The van der Waals surface area contributed by atoms with Crippen LogP contribution in [0.5, 0.6) is 0 Å². The fourth-order valence-electron chi connectivity index (χ4n) is 5.30. The number of carboxylic acid groups (broad SMARTS) is 1. The highest BCUT2D eigenvalue weighted by Crippen LogP contribution is 2.38. The zero-order valence-corrected chi connectivity index (χ0v) is 18.9. The Kier molecular flexibility index (Phi) is 7.18. The van der Waals surface area contributed by atoms with Crippen LogP contribution < -0.4 is 0 Å². The van der Waals surface area contributed by atoms with Crippen molar-refractivity contribution >= 4 is 22.8 Å². The summed E-state index contributed by atoms with van der Waals surface area (Å²) < 4.78 is 38.1. The second-order valence-electron chi connectivity index (χ2n) is 9.48. The summed E-state index contributed by atoms with van der Waals surface area (Å²) in [5.74, 6) is -2.03. The largest absolute Gasteiger partial charge is 0.490 e. The summed E-state index contributed by atoms with van der Waals surface area (Å²) in [5.41, 5.74) is 1.60. The van der Waals surface area contributed by atoms with Crippen LogP contribution in [0.15, 0.2) is 30.3 Å². The lowest BCUT2D eigenvalue weighted by atomic mass is 9.86. The number of hydrogen-bond donors (Lipinski definition) is 2. The van der Waals surface area contributed by atoms with Crippen molar-refractivity contribution in [2.45, 2.75) is 43.9 Å². The molecule has 5 rings (SSSR count). The fourth-order valence-corrected chi connectivity index (χ4v) is 5.30. The molecular formula is C24H30F3N3O4.